The molecule has 1 aromatic heterocycles. The van der Waals surface area contributed by atoms with Gasteiger partial charge in [-0.25, -0.2) is 9.97 Å². The van der Waals surface area contributed by atoms with Gasteiger partial charge in [0.2, 0.25) is 0 Å². The first-order valence-electron chi connectivity index (χ1n) is 21.1. The average Bonchev–Trinajstić information content (AvgIpc) is 3.80. The van der Waals surface area contributed by atoms with Crippen LogP contribution in [0.4, 0.5) is 0 Å². The first-order valence-corrected chi connectivity index (χ1v) is 21.1. The summed E-state index contributed by atoms with van der Waals surface area (Å²) in [7, 11) is 0. The van der Waals surface area contributed by atoms with E-state index in [9.17, 15) is 0 Å². The maximum atomic E-state index is 5.13. The van der Waals surface area contributed by atoms with Gasteiger partial charge < -0.3 is 0 Å². The van der Waals surface area contributed by atoms with Crippen LogP contribution >= 0.6 is 0 Å². The third-order valence-corrected chi connectivity index (χ3v) is 13.2. The molecule has 0 bridgehead atoms. The van der Waals surface area contributed by atoms with Crippen LogP contribution in [0.25, 0.3) is 99.6 Å². The lowest BCUT2D eigenvalue weighted by molar-refractivity contribution is 0.802. The van der Waals surface area contributed by atoms with Gasteiger partial charge in [-0.2, -0.15) is 0 Å². The van der Waals surface area contributed by atoms with Crippen LogP contribution in [0.15, 0.2) is 218 Å². The first kappa shape index (κ1) is 34.0. The van der Waals surface area contributed by atoms with Crippen molar-refractivity contribution in [1.29, 1.82) is 0 Å². The molecule has 282 valence electrons. The highest BCUT2D eigenvalue weighted by Gasteiger charge is 2.52. The Labute approximate surface area is 354 Å². The highest BCUT2D eigenvalue weighted by atomic mass is 14.9. The van der Waals surface area contributed by atoms with Gasteiger partial charge >= 0.3 is 0 Å². The van der Waals surface area contributed by atoms with Gasteiger partial charge in [0.15, 0.2) is 5.82 Å². The highest BCUT2D eigenvalue weighted by molar-refractivity contribution is 6.06. The maximum absolute atomic E-state index is 5.13. The fraction of sp³-hybridized carbons (Fsp3) is 0.0169. The number of aromatic nitrogens is 2. The molecule has 2 aliphatic rings. The first-order chi connectivity index (χ1) is 30.2. The van der Waals surface area contributed by atoms with Crippen molar-refractivity contribution in [3.8, 4) is 67.3 Å². The molecule has 1 spiro atoms. The maximum Gasteiger partial charge on any atom is 0.160 e. The number of benzene rings is 10. The Hall–Kier alpha value is -7.94. The second kappa shape index (κ2) is 13.0. The molecular weight excluding hydrogens is 737 g/mol. The Morgan fingerprint density at radius 2 is 0.836 bits per heavy atom. The van der Waals surface area contributed by atoms with E-state index in [1.165, 1.54) is 88.0 Å². The molecule has 2 nitrogen and oxygen atoms in total. The molecular formula is C59H36N2. The lowest BCUT2D eigenvalue weighted by Crippen LogP contribution is -2.26. The van der Waals surface area contributed by atoms with Gasteiger partial charge in [0.05, 0.1) is 16.8 Å². The Balaban J connectivity index is 0.942. The molecule has 1 heterocycles. The quantitative estimate of drug-likeness (QED) is 0.178. The highest BCUT2D eigenvalue weighted by Crippen LogP contribution is 2.64. The second-order valence-electron chi connectivity index (χ2n) is 16.5. The summed E-state index contributed by atoms with van der Waals surface area (Å²) in [6, 6.07) is 79.9. The van der Waals surface area contributed by atoms with E-state index in [2.05, 4.69) is 200 Å². The minimum atomic E-state index is -0.424. The second-order valence-corrected chi connectivity index (χ2v) is 16.5. The van der Waals surface area contributed by atoms with Crippen molar-refractivity contribution in [2.45, 2.75) is 5.41 Å². The molecule has 0 atom stereocenters. The fourth-order valence-electron chi connectivity index (χ4n) is 10.5. The van der Waals surface area contributed by atoms with Crippen LogP contribution in [0.3, 0.4) is 0 Å². The SMILES string of the molecule is c1ccc(-c2nc(-c3ccc(-c4ccc5cc6c(cc5c4)C4(c5ccccc5-c5ccccc54)c4c-6ccc5ccccc45)cc3)cc(-c3ccc4ccccc4c3)n2)cc1. The molecule has 13 rings (SSSR count). The van der Waals surface area contributed by atoms with Crippen LogP contribution < -0.4 is 0 Å². The van der Waals surface area contributed by atoms with Gasteiger partial charge in [0, 0.05) is 16.7 Å². The molecule has 0 radical (unpaired) electrons. The Kier molecular flexibility index (Phi) is 7.26. The molecule has 0 saturated heterocycles. The van der Waals surface area contributed by atoms with E-state index in [-0.39, 0.29) is 0 Å². The number of hydrogen-bond acceptors (Lipinski definition) is 2. The number of hydrogen-bond donors (Lipinski definition) is 0. The summed E-state index contributed by atoms with van der Waals surface area (Å²) in [5.74, 6) is 0.716. The van der Waals surface area contributed by atoms with Gasteiger partial charge in [0.1, 0.15) is 0 Å². The topological polar surface area (TPSA) is 25.8 Å². The van der Waals surface area contributed by atoms with Crippen molar-refractivity contribution in [2.24, 2.45) is 0 Å². The number of nitrogens with zero attached hydrogens (tertiary/aromatic N) is 2. The van der Waals surface area contributed by atoms with E-state index < -0.39 is 5.41 Å². The van der Waals surface area contributed by atoms with Crippen LogP contribution in [0.2, 0.25) is 0 Å². The lowest BCUT2D eigenvalue weighted by Gasteiger charge is -2.31. The average molecular weight is 773 g/mol. The minimum Gasteiger partial charge on any atom is -0.228 e. The number of fused-ring (bicyclic) bond motifs is 14. The summed E-state index contributed by atoms with van der Waals surface area (Å²) in [6.45, 7) is 0. The van der Waals surface area contributed by atoms with Gasteiger partial charge in [-0.05, 0) is 118 Å². The third-order valence-electron chi connectivity index (χ3n) is 13.2. The largest absolute Gasteiger partial charge is 0.228 e. The lowest BCUT2D eigenvalue weighted by atomic mass is 9.69. The Bertz CT molecular complexity index is 3540. The Morgan fingerprint density at radius 3 is 1.62 bits per heavy atom. The standard InChI is InChI=1S/C59H36N2/c1-2-14-41(15-3-1)58-60-55(36-56(61-58)45-29-24-37-12-4-5-16-42(37)32-45)40-25-22-38(23-26-40)43-27-28-44-34-51-50-31-30-39-13-6-7-17-47(39)57(50)59(54(51)35-46(44)33-43)52-20-10-8-18-48(52)49-19-9-11-21-53(49)59/h1-36H. The van der Waals surface area contributed by atoms with Crippen molar-refractivity contribution in [1.82, 2.24) is 9.97 Å². The molecule has 2 heteroatoms. The molecule has 11 aromatic rings. The summed E-state index contributed by atoms with van der Waals surface area (Å²) in [4.78, 5) is 10.2. The molecule has 0 fully saturated rings. The van der Waals surface area contributed by atoms with Crippen LogP contribution in [0.5, 0.6) is 0 Å². The van der Waals surface area contributed by atoms with E-state index in [0.29, 0.717) is 5.82 Å². The predicted molar refractivity (Wildman–Crippen MR) is 253 cm³/mol. The van der Waals surface area contributed by atoms with Gasteiger partial charge in [0.25, 0.3) is 0 Å². The molecule has 2 aliphatic carbocycles. The summed E-state index contributed by atoms with van der Waals surface area (Å²) < 4.78 is 0. The van der Waals surface area contributed by atoms with Crippen molar-refractivity contribution in [3.63, 3.8) is 0 Å². The zero-order chi connectivity index (χ0) is 40.1. The molecule has 61 heavy (non-hydrogen) atoms. The molecule has 10 aromatic carbocycles. The van der Waals surface area contributed by atoms with Crippen LogP contribution in [0, 0.1) is 0 Å². The van der Waals surface area contributed by atoms with E-state index in [1.807, 2.05) is 18.2 Å². The van der Waals surface area contributed by atoms with E-state index in [1.54, 1.807) is 0 Å². The fourth-order valence-corrected chi connectivity index (χ4v) is 10.5. The number of rotatable bonds is 4. The van der Waals surface area contributed by atoms with Crippen LogP contribution in [0.1, 0.15) is 22.3 Å². The Morgan fingerprint density at radius 1 is 0.279 bits per heavy atom. The van der Waals surface area contributed by atoms with Crippen molar-refractivity contribution in [2.75, 3.05) is 0 Å². The third kappa shape index (κ3) is 5.03. The van der Waals surface area contributed by atoms with Gasteiger partial charge in [-0.1, -0.05) is 188 Å². The molecule has 0 saturated carbocycles. The van der Waals surface area contributed by atoms with Crippen molar-refractivity contribution in [3.05, 3.63) is 241 Å². The monoisotopic (exact) mass is 772 g/mol. The molecule has 0 aliphatic heterocycles. The molecule has 0 amide bonds. The summed E-state index contributed by atoms with van der Waals surface area (Å²) in [5, 5.41) is 7.47. The summed E-state index contributed by atoms with van der Waals surface area (Å²) >= 11 is 0. The zero-order valence-corrected chi connectivity index (χ0v) is 33.2. The predicted octanol–water partition coefficient (Wildman–Crippen LogP) is 14.9. The van der Waals surface area contributed by atoms with Crippen LogP contribution in [-0.2, 0) is 5.41 Å². The zero-order valence-electron chi connectivity index (χ0n) is 33.2. The van der Waals surface area contributed by atoms with Gasteiger partial charge in [-0.15, -0.1) is 0 Å². The molecule has 0 unspecified atom stereocenters. The van der Waals surface area contributed by atoms with Crippen LogP contribution in [-0.4, -0.2) is 9.97 Å². The summed E-state index contributed by atoms with van der Waals surface area (Å²) in [6.07, 6.45) is 0. The van der Waals surface area contributed by atoms with E-state index in [4.69, 9.17) is 9.97 Å². The van der Waals surface area contributed by atoms with E-state index >= 15 is 0 Å². The van der Waals surface area contributed by atoms with Gasteiger partial charge in [-0.3, -0.25) is 0 Å². The van der Waals surface area contributed by atoms with Crippen molar-refractivity contribution < 1.29 is 0 Å². The van der Waals surface area contributed by atoms with Crippen molar-refractivity contribution >= 4 is 32.3 Å². The smallest absolute Gasteiger partial charge is 0.160 e. The summed E-state index contributed by atoms with van der Waals surface area (Å²) in [5.41, 5.74) is 17.6. The normalized spacial score (nSPS) is 13.0. The molecule has 0 N–H and O–H groups in total. The minimum absolute atomic E-state index is 0.424. The van der Waals surface area contributed by atoms with E-state index in [0.717, 1.165) is 28.1 Å².